The second-order valence-electron chi connectivity index (χ2n) is 4.67. The third-order valence-electron chi connectivity index (χ3n) is 2.86. The van der Waals surface area contributed by atoms with Gasteiger partial charge in [-0.15, -0.1) is 0 Å². The van der Waals surface area contributed by atoms with Gasteiger partial charge in [0.2, 0.25) is 5.91 Å². The summed E-state index contributed by atoms with van der Waals surface area (Å²) >= 11 is 0. The molecule has 0 spiro atoms. The Balaban J connectivity index is 1.87. The Labute approximate surface area is 132 Å². The number of anilines is 2. The highest BCUT2D eigenvalue weighted by Gasteiger charge is 2.08. The number of urea groups is 1. The van der Waals surface area contributed by atoms with Gasteiger partial charge >= 0.3 is 6.03 Å². The first-order chi connectivity index (χ1) is 11.0. The van der Waals surface area contributed by atoms with E-state index < -0.39 is 6.03 Å². The number of primary amides is 1. The van der Waals surface area contributed by atoms with Crippen LogP contribution < -0.4 is 21.7 Å². The zero-order chi connectivity index (χ0) is 16.7. The quantitative estimate of drug-likeness (QED) is 0.671. The largest absolute Gasteiger partial charge is 0.351 e. The van der Waals surface area contributed by atoms with Crippen LogP contribution in [0.1, 0.15) is 10.4 Å². The van der Waals surface area contributed by atoms with Crippen molar-refractivity contribution in [2.45, 2.75) is 0 Å². The van der Waals surface area contributed by atoms with Gasteiger partial charge in [0.1, 0.15) is 0 Å². The maximum atomic E-state index is 11.8. The van der Waals surface area contributed by atoms with Crippen LogP contribution >= 0.6 is 0 Å². The third-order valence-corrected chi connectivity index (χ3v) is 2.86. The van der Waals surface area contributed by atoms with Gasteiger partial charge in [0.25, 0.3) is 5.91 Å². The van der Waals surface area contributed by atoms with E-state index in [2.05, 4.69) is 16.0 Å². The highest BCUT2D eigenvalue weighted by molar-refractivity contribution is 5.99. The van der Waals surface area contributed by atoms with E-state index in [1.165, 1.54) is 0 Å². The van der Waals surface area contributed by atoms with Crippen molar-refractivity contribution < 1.29 is 14.4 Å². The molecular weight excluding hydrogens is 296 g/mol. The second kappa shape index (κ2) is 7.60. The molecule has 0 atom stereocenters. The molecule has 0 unspecified atom stereocenters. The van der Waals surface area contributed by atoms with Crippen molar-refractivity contribution >= 4 is 29.2 Å². The molecule has 0 heterocycles. The highest BCUT2D eigenvalue weighted by atomic mass is 16.2. The van der Waals surface area contributed by atoms with E-state index in [4.69, 9.17) is 5.73 Å². The topological polar surface area (TPSA) is 113 Å². The van der Waals surface area contributed by atoms with Gasteiger partial charge in [-0.25, -0.2) is 4.79 Å². The number of nitrogens with one attached hydrogen (secondary N) is 3. The Morgan fingerprint density at radius 3 is 2.17 bits per heavy atom. The fraction of sp³-hybridized carbons (Fsp3) is 0.0625. The molecule has 0 bridgehead atoms. The van der Waals surface area contributed by atoms with E-state index in [0.29, 0.717) is 16.9 Å². The summed E-state index contributed by atoms with van der Waals surface area (Å²) in [5.41, 5.74) is 6.45. The first kappa shape index (κ1) is 16.0. The summed E-state index contributed by atoms with van der Waals surface area (Å²) in [6.45, 7) is -0.165. The lowest BCUT2D eigenvalue weighted by atomic mass is 10.2. The molecule has 0 fully saturated rings. The van der Waals surface area contributed by atoms with Crippen LogP contribution in [0.25, 0.3) is 0 Å². The molecule has 0 aliphatic heterocycles. The van der Waals surface area contributed by atoms with Crippen LogP contribution in [0.15, 0.2) is 54.6 Å². The van der Waals surface area contributed by atoms with Crippen LogP contribution in [0, 0.1) is 0 Å². The van der Waals surface area contributed by atoms with Gasteiger partial charge in [-0.3, -0.25) is 9.59 Å². The standard InChI is InChI=1S/C16H16N4O3/c17-16(23)20-13-8-4-7-12(9-13)19-14(21)10-18-15(22)11-5-2-1-3-6-11/h1-9H,10H2,(H,18,22)(H,19,21)(H3,17,20,23). The molecule has 0 aromatic heterocycles. The summed E-state index contributed by atoms with van der Waals surface area (Å²) in [4.78, 5) is 34.5. The van der Waals surface area contributed by atoms with E-state index >= 15 is 0 Å². The molecule has 0 aliphatic carbocycles. The number of carbonyl (C=O) groups excluding carboxylic acids is 3. The minimum atomic E-state index is -0.691. The van der Waals surface area contributed by atoms with Gasteiger partial charge in [-0.05, 0) is 30.3 Å². The Morgan fingerprint density at radius 2 is 1.52 bits per heavy atom. The van der Waals surface area contributed by atoms with E-state index in [0.717, 1.165) is 0 Å². The van der Waals surface area contributed by atoms with Crippen LogP contribution in [0.4, 0.5) is 16.2 Å². The van der Waals surface area contributed by atoms with Gasteiger partial charge in [-0.1, -0.05) is 24.3 Å². The van der Waals surface area contributed by atoms with Gasteiger partial charge in [0, 0.05) is 16.9 Å². The number of rotatable bonds is 5. The van der Waals surface area contributed by atoms with E-state index in [1.54, 1.807) is 54.6 Å². The first-order valence-corrected chi connectivity index (χ1v) is 6.84. The average Bonchev–Trinajstić information content (AvgIpc) is 2.53. The number of benzene rings is 2. The molecule has 0 radical (unpaired) electrons. The molecule has 2 rings (SSSR count). The monoisotopic (exact) mass is 312 g/mol. The molecule has 0 saturated heterocycles. The average molecular weight is 312 g/mol. The van der Waals surface area contributed by atoms with Crippen molar-refractivity contribution in [3.05, 3.63) is 60.2 Å². The molecule has 5 N–H and O–H groups in total. The number of amides is 4. The normalized spacial score (nSPS) is 9.74. The summed E-state index contributed by atoms with van der Waals surface area (Å²) in [5, 5.41) is 7.55. The Hall–Kier alpha value is -3.35. The van der Waals surface area contributed by atoms with Gasteiger partial charge in [0.15, 0.2) is 0 Å². The van der Waals surface area contributed by atoms with Crippen LogP contribution in [0.3, 0.4) is 0 Å². The van der Waals surface area contributed by atoms with E-state index in [-0.39, 0.29) is 18.4 Å². The summed E-state index contributed by atoms with van der Waals surface area (Å²) in [6.07, 6.45) is 0. The molecular formula is C16H16N4O3. The maximum Gasteiger partial charge on any atom is 0.316 e. The molecule has 0 aliphatic rings. The van der Waals surface area contributed by atoms with Crippen LogP contribution in [-0.4, -0.2) is 24.4 Å². The Kier molecular flexibility index (Phi) is 5.30. The zero-order valence-electron chi connectivity index (χ0n) is 12.2. The Morgan fingerprint density at radius 1 is 0.870 bits per heavy atom. The predicted molar refractivity (Wildman–Crippen MR) is 87.1 cm³/mol. The zero-order valence-corrected chi connectivity index (χ0v) is 12.2. The summed E-state index contributed by atoms with van der Waals surface area (Å²) in [7, 11) is 0. The number of hydrogen-bond acceptors (Lipinski definition) is 3. The summed E-state index contributed by atoms with van der Waals surface area (Å²) < 4.78 is 0. The van der Waals surface area contributed by atoms with Crippen molar-refractivity contribution in [1.82, 2.24) is 5.32 Å². The van der Waals surface area contributed by atoms with Gasteiger partial charge in [0.05, 0.1) is 6.54 Å². The fourth-order valence-corrected chi connectivity index (χ4v) is 1.87. The smallest absolute Gasteiger partial charge is 0.316 e. The highest BCUT2D eigenvalue weighted by Crippen LogP contribution is 2.14. The lowest BCUT2D eigenvalue weighted by molar-refractivity contribution is -0.115. The van der Waals surface area contributed by atoms with Crippen LogP contribution in [0.5, 0.6) is 0 Å². The first-order valence-electron chi connectivity index (χ1n) is 6.84. The SMILES string of the molecule is NC(=O)Nc1cccc(NC(=O)CNC(=O)c2ccccc2)c1. The lowest BCUT2D eigenvalue weighted by Gasteiger charge is -2.08. The Bertz CT molecular complexity index is 716. The fourth-order valence-electron chi connectivity index (χ4n) is 1.87. The molecule has 4 amide bonds. The van der Waals surface area contributed by atoms with Crippen molar-refractivity contribution in [2.75, 3.05) is 17.2 Å². The van der Waals surface area contributed by atoms with Crippen LogP contribution in [-0.2, 0) is 4.79 Å². The number of hydrogen-bond donors (Lipinski definition) is 4. The van der Waals surface area contributed by atoms with Crippen molar-refractivity contribution in [3.63, 3.8) is 0 Å². The molecule has 7 nitrogen and oxygen atoms in total. The second-order valence-corrected chi connectivity index (χ2v) is 4.67. The number of nitrogens with two attached hydrogens (primary N) is 1. The third kappa shape index (κ3) is 5.16. The lowest BCUT2D eigenvalue weighted by Crippen LogP contribution is -2.32. The van der Waals surface area contributed by atoms with Gasteiger partial charge in [-0.2, -0.15) is 0 Å². The summed E-state index contributed by atoms with van der Waals surface area (Å²) in [5.74, 6) is -0.713. The van der Waals surface area contributed by atoms with E-state index in [9.17, 15) is 14.4 Å². The minimum absolute atomic E-state index is 0.165. The molecule has 2 aromatic carbocycles. The van der Waals surface area contributed by atoms with Crippen molar-refractivity contribution in [3.8, 4) is 0 Å². The molecule has 2 aromatic rings. The molecule has 23 heavy (non-hydrogen) atoms. The molecule has 7 heteroatoms. The number of carbonyl (C=O) groups is 3. The predicted octanol–water partition coefficient (Wildman–Crippen LogP) is 1.55. The van der Waals surface area contributed by atoms with Crippen molar-refractivity contribution in [2.24, 2.45) is 5.73 Å². The summed E-state index contributed by atoms with van der Waals surface area (Å²) in [6, 6.07) is 14.4. The maximum absolute atomic E-state index is 11.8. The van der Waals surface area contributed by atoms with Crippen LogP contribution in [0.2, 0.25) is 0 Å². The minimum Gasteiger partial charge on any atom is -0.351 e. The molecule has 0 saturated carbocycles. The molecule has 118 valence electrons. The van der Waals surface area contributed by atoms with Crippen molar-refractivity contribution in [1.29, 1.82) is 0 Å². The van der Waals surface area contributed by atoms with E-state index in [1.807, 2.05) is 0 Å². The van der Waals surface area contributed by atoms with Gasteiger partial charge < -0.3 is 21.7 Å².